The Hall–Kier alpha value is -0.190. The number of hydrogen-bond acceptors (Lipinski definition) is 3. The number of carbonyl (C=O) groups excluding carboxylic acids is 1. The Balaban J connectivity index is 2.26. The van der Waals surface area contributed by atoms with Crippen molar-refractivity contribution in [1.29, 1.82) is 0 Å². The lowest BCUT2D eigenvalue weighted by Gasteiger charge is -2.15. The Morgan fingerprint density at radius 3 is 2.41 bits per heavy atom. The predicted molar refractivity (Wildman–Crippen MR) is 73.7 cm³/mol. The standard InChI is InChI=1S/C13H17BrO2S/c1-6-7(2)16-8(3)12(6)13(15)11-5-10(14)9(4)17-11/h5-8,12H,1-4H3. The van der Waals surface area contributed by atoms with Gasteiger partial charge < -0.3 is 4.74 Å². The SMILES string of the molecule is Cc1sc(C(=O)C2C(C)OC(C)C2C)cc1Br. The van der Waals surface area contributed by atoms with Gasteiger partial charge in [-0.15, -0.1) is 11.3 Å². The molecule has 2 nitrogen and oxygen atoms in total. The van der Waals surface area contributed by atoms with E-state index in [0.717, 1.165) is 14.2 Å². The van der Waals surface area contributed by atoms with Gasteiger partial charge in [0.15, 0.2) is 5.78 Å². The molecule has 0 saturated carbocycles. The number of halogens is 1. The van der Waals surface area contributed by atoms with Crippen LogP contribution in [0.15, 0.2) is 10.5 Å². The molecular weight excluding hydrogens is 300 g/mol. The molecule has 4 heteroatoms. The molecular formula is C13H17BrO2S. The zero-order valence-electron chi connectivity index (χ0n) is 10.5. The van der Waals surface area contributed by atoms with Crippen LogP contribution in [0.3, 0.4) is 0 Å². The van der Waals surface area contributed by atoms with Crippen molar-refractivity contribution < 1.29 is 9.53 Å². The second-order valence-corrected chi connectivity index (χ2v) is 6.92. The summed E-state index contributed by atoms with van der Waals surface area (Å²) in [5.74, 6) is 0.516. The normalized spacial score (nSPS) is 33.0. The maximum Gasteiger partial charge on any atom is 0.178 e. The highest BCUT2D eigenvalue weighted by Crippen LogP contribution is 2.37. The van der Waals surface area contributed by atoms with Gasteiger partial charge in [0.25, 0.3) is 0 Å². The predicted octanol–water partition coefficient (Wildman–Crippen LogP) is 4.06. The smallest absolute Gasteiger partial charge is 0.178 e. The summed E-state index contributed by atoms with van der Waals surface area (Å²) < 4.78 is 6.76. The van der Waals surface area contributed by atoms with Crippen molar-refractivity contribution in [3.8, 4) is 0 Å². The number of rotatable bonds is 2. The molecule has 1 fully saturated rings. The van der Waals surface area contributed by atoms with Crippen LogP contribution in [0.1, 0.15) is 35.3 Å². The molecule has 1 saturated heterocycles. The van der Waals surface area contributed by atoms with Crippen molar-refractivity contribution in [3.05, 3.63) is 20.3 Å². The second-order valence-electron chi connectivity index (χ2n) is 4.81. The molecule has 0 aliphatic carbocycles. The number of hydrogen-bond donors (Lipinski definition) is 0. The number of aryl methyl sites for hydroxylation is 1. The molecule has 17 heavy (non-hydrogen) atoms. The molecule has 4 atom stereocenters. The van der Waals surface area contributed by atoms with Gasteiger partial charge in [0, 0.05) is 9.35 Å². The molecule has 2 heterocycles. The van der Waals surface area contributed by atoms with E-state index in [1.54, 1.807) is 11.3 Å². The minimum atomic E-state index is -0.00468. The van der Waals surface area contributed by atoms with Crippen LogP contribution in [0.25, 0.3) is 0 Å². The van der Waals surface area contributed by atoms with Gasteiger partial charge in [-0.3, -0.25) is 4.79 Å². The van der Waals surface area contributed by atoms with Crippen LogP contribution < -0.4 is 0 Å². The van der Waals surface area contributed by atoms with E-state index in [2.05, 4.69) is 22.9 Å². The van der Waals surface area contributed by atoms with E-state index in [4.69, 9.17) is 4.74 Å². The number of thiophene rings is 1. The Kier molecular flexibility index (Phi) is 3.76. The topological polar surface area (TPSA) is 26.3 Å². The van der Waals surface area contributed by atoms with E-state index >= 15 is 0 Å². The summed E-state index contributed by atoms with van der Waals surface area (Å²) in [7, 11) is 0. The van der Waals surface area contributed by atoms with Crippen LogP contribution in [0.4, 0.5) is 0 Å². The largest absolute Gasteiger partial charge is 0.374 e. The van der Waals surface area contributed by atoms with E-state index in [-0.39, 0.29) is 23.9 Å². The Bertz CT molecular complexity index is 421. The van der Waals surface area contributed by atoms with Gasteiger partial charge >= 0.3 is 0 Å². The van der Waals surface area contributed by atoms with Crippen molar-refractivity contribution in [2.45, 2.75) is 39.9 Å². The third kappa shape index (κ3) is 2.35. The first-order chi connectivity index (χ1) is 7.91. The van der Waals surface area contributed by atoms with Gasteiger partial charge in [-0.2, -0.15) is 0 Å². The van der Waals surface area contributed by atoms with Crippen molar-refractivity contribution >= 4 is 33.0 Å². The fourth-order valence-electron chi connectivity index (χ4n) is 2.46. The van der Waals surface area contributed by atoms with Crippen molar-refractivity contribution in [2.24, 2.45) is 11.8 Å². The van der Waals surface area contributed by atoms with Gasteiger partial charge in [0.2, 0.25) is 0 Å². The Labute approximate surface area is 114 Å². The lowest BCUT2D eigenvalue weighted by molar-refractivity contribution is 0.0492. The van der Waals surface area contributed by atoms with Gasteiger partial charge in [-0.25, -0.2) is 0 Å². The second kappa shape index (κ2) is 4.82. The molecule has 94 valence electrons. The zero-order valence-corrected chi connectivity index (χ0v) is 12.9. The highest BCUT2D eigenvalue weighted by molar-refractivity contribution is 9.10. The van der Waals surface area contributed by atoms with Crippen molar-refractivity contribution in [3.63, 3.8) is 0 Å². The van der Waals surface area contributed by atoms with Crippen LogP contribution in [0.2, 0.25) is 0 Å². The summed E-state index contributed by atoms with van der Waals surface area (Å²) in [6.45, 7) is 8.17. The van der Waals surface area contributed by atoms with E-state index in [0.29, 0.717) is 5.92 Å². The van der Waals surface area contributed by atoms with E-state index in [1.165, 1.54) is 0 Å². The number of ether oxygens (including phenoxy) is 1. The quantitative estimate of drug-likeness (QED) is 0.769. The molecule has 0 N–H and O–H groups in total. The number of carbonyl (C=O) groups is 1. The number of Topliss-reactive ketones (excluding diaryl/α,β-unsaturated/α-hetero) is 1. The molecule has 0 spiro atoms. The average molecular weight is 317 g/mol. The highest BCUT2D eigenvalue weighted by atomic mass is 79.9. The molecule has 1 aromatic rings. The van der Waals surface area contributed by atoms with Crippen molar-refractivity contribution in [1.82, 2.24) is 0 Å². The van der Waals surface area contributed by atoms with Crippen LogP contribution in [0, 0.1) is 18.8 Å². The Morgan fingerprint density at radius 2 is 2.00 bits per heavy atom. The molecule has 1 aliphatic rings. The zero-order chi connectivity index (χ0) is 12.7. The molecule has 2 rings (SSSR count). The Morgan fingerprint density at radius 1 is 1.35 bits per heavy atom. The summed E-state index contributed by atoms with van der Waals surface area (Å²) in [5.41, 5.74) is 0. The molecule has 1 aromatic heterocycles. The minimum Gasteiger partial charge on any atom is -0.374 e. The third-order valence-corrected chi connectivity index (χ3v) is 5.80. The first-order valence-electron chi connectivity index (χ1n) is 5.87. The van der Waals surface area contributed by atoms with Crippen molar-refractivity contribution in [2.75, 3.05) is 0 Å². The fourth-order valence-corrected chi connectivity index (χ4v) is 3.99. The molecule has 0 amide bonds. The molecule has 0 aromatic carbocycles. The summed E-state index contributed by atoms with van der Waals surface area (Å²) in [4.78, 5) is 14.5. The van der Waals surface area contributed by atoms with E-state index < -0.39 is 0 Å². The van der Waals surface area contributed by atoms with Crippen LogP contribution in [-0.4, -0.2) is 18.0 Å². The highest BCUT2D eigenvalue weighted by Gasteiger charge is 2.42. The van der Waals surface area contributed by atoms with Crippen LogP contribution in [-0.2, 0) is 4.74 Å². The average Bonchev–Trinajstić information content (AvgIpc) is 2.70. The first-order valence-corrected chi connectivity index (χ1v) is 7.48. The van der Waals surface area contributed by atoms with Gasteiger partial charge in [-0.05, 0) is 48.7 Å². The third-order valence-electron chi connectivity index (χ3n) is 3.64. The summed E-state index contributed by atoms with van der Waals surface area (Å²) in [6.07, 6.45) is 0.192. The maximum absolute atomic E-state index is 12.5. The maximum atomic E-state index is 12.5. The van der Waals surface area contributed by atoms with Crippen LogP contribution >= 0.6 is 27.3 Å². The molecule has 4 unspecified atom stereocenters. The lowest BCUT2D eigenvalue weighted by atomic mass is 9.85. The van der Waals surface area contributed by atoms with Gasteiger partial charge in [-0.1, -0.05) is 6.92 Å². The number of ketones is 1. The fraction of sp³-hybridized carbons (Fsp3) is 0.615. The molecule has 0 bridgehead atoms. The molecule has 1 aliphatic heterocycles. The monoisotopic (exact) mass is 316 g/mol. The van der Waals surface area contributed by atoms with Crippen LogP contribution in [0.5, 0.6) is 0 Å². The first kappa shape index (κ1) is 13.2. The van der Waals surface area contributed by atoms with E-state index in [1.807, 2.05) is 26.8 Å². The summed E-state index contributed by atoms with van der Waals surface area (Å²) >= 11 is 5.02. The lowest BCUT2D eigenvalue weighted by Crippen LogP contribution is -2.26. The molecule has 0 radical (unpaired) electrons. The van der Waals surface area contributed by atoms with Gasteiger partial charge in [0.05, 0.1) is 23.0 Å². The summed E-state index contributed by atoms with van der Waals surface area (Å²) in [6, 6.07) is 1.94. The summed E-state index contributed by atoms with van der Waals surface area (Å²) in [5, 5.41) is 0. The van der Waals surface area contributed by atoms with Gasteiger partial charge in [0.1, 0.15) is 0 Å². The van der Waals surface area contributed by atoms with E-state index in [9.17, 15) is 4.79 Å². The minimum absolute atomic E-state index is 0.00468.